The van der Waals surface area contributed by atoms with Gasteiger partial charge in [-0.2, -0.15) is 0 Å². The second-order valence-electron chi connectivity index (χ2n) is 3.97. The predicted molar refractivity (Wildman–Crippen MR) is 64.3 cm³/mol. The second-order valence-corrected chi connectivity index (χ2v) is 6.33. The summed E-state index contributed by atoms with van der Waals surface area (Å²) in [5.41, 5.74) is 4.99. The Morgan fingerprint density at radius 2 is 1.88 bits per heavy atom. The zero-order valence-corrected chi connectivity index (χ0v) is 11.1. The molecule has 0 bridgehead atoms. The van der Waals surface area contributed by atoms with Crippen LogP contribution in [0, 0.1) is 0 Å². The number of unbranched alkanes of at least 4 members (excludes halogenated alkanes) is 3. The highest BCUT2D eigenvalue weighted by Crippen LogP contribution is 2.09. The van der Waals surface area contributed by atoms with Gasteiger partial charge in [0.05, 0.1) is 0 Å². The van der Waals surface area contributed by atoms with Crippen molar-refractivity contribution in [3.8, 4) is 0 Å². The number of hydrogen-bond donors (Lipinski definition) is 1. The lowest BCUT2D eigenvalue weighted by Crippen LogP contribution is -2.42. The normalized spacial score (nSPS) is 14.0. The van der Waals surface area contributed by atoms with E-state index >= 15 is 0 Å². The summed E-state index contributed by atoms with van der Waals surface area (Å²) in [6.45, 7) is 3.86. The van der Waals surface area contributed by atoms with E-state index in [0.717, 1.165) is 25.7 Å². The van der Waals surface area contributed by atoms with Crippen molar-refractivity contribution in [2.75, 3.05) is 13.6 Å². The minimum Gasteiger partial charge on any atom is -0.369 e. The molecular formula is C10H22N2O3S. The molecule has 5 nitrogen and oxygen atoms in total. The first-order valence-corrected chi connectivity index (χ1v) is 7.08. The van der Waals surface area contributed by atoms with Gasteiger partial charge in [0, 0.05) is 13.6 Å². The molecule has 2 N–H and O–H groups in total. The van der Waals surface area contributed by atoms with E-state index in [1.807, 2.05) is 0 Å². The number of nitrogens with zero attached hydrogens (tertiary/aromatic N) is 1. The highest BCUT2D eigenvalue weighted by Gasteiger charge is 2.29. The van der Waals surface area contributed by atoms with Crippen LogP contribution in [0.15, 0.2) is 0 Å². The Bertz CT molecular complexity index is 314. The van der Waals surface area contributed by atoms with Crippen LogP contribution in [0.5, 0.6) is 0 Å². The van der Waals surface area contributed by atoms with Crippen molar-refractivity contribution in [1.29, 1.82) is 0 Å². The molecule has 1 atom stereocenters. The van der Waals surface area contributed by atoms with Gasteiger partial charge >= 0.3 is 0 Å². The smallest absolute Gasteiger partial charge is 0.236 e. The van der Waals surface area contributed by atoms with Gasteiger partial charge in [0.1, 0.15) is 0 Å². The Labute approximate surface area is 98.0 Å². The van der Waals surface area contributed by atoms with Gasteiger partial charge in [-0.15, -0.1) is 0 Å². The molecule has 0 fully saturated rings. The van der Waals surface area contributed by atoms with E-state index in [1.54, 1.807) is 0 Å². The minimum atomic E-state index is -3.57. The summed E-state index contributed by atoms with van der Waals surface area (Å²) in [4.78, 5) is 10.8. The lowest BCUT2D eigenvalue weighted by atomic mass is 10.2. The summed E-state index contributed by atoms with van der Waals surface area (Å²) in [6.07, 6.45) is 4.02. The average Bonchev–Trinajstić information content (AvgIpc) is 2.22. The van der Waals surface area contributed by atoms with E-state index in [4.69, 9.17) is 5.73 Å². The summed E-state index contributed by atoms with van der Waals surface area (Å²) in [5, 5.41) is -1.15. The van der Waals surface area contributed by atoms with E-state index in [1.165, 1.54) is 18.3 Å². The molecule has 0 aromatic carbocycles. The number of sulfonamides is 1. The summed E-state index contributed by atoms with van der Waals surface area (Å²) in [7, 11) is -2.08. The van der Waals surface area contributed by atoms with Gasteiger partial charge in [0.25, 0.3) is 0 Å². The van der Waals surface area contributed by atoms with E-state index in [2.05, 4.69) is 6.92 Å². The molecule has 0 spiro atoms. The van der Waals surface area contributed by atoms with Crippen LogP contribution >= 0.6 is 0 Å². The van der Waals surface area contributed by atoms with Gasteiger partial charge < -0.3 is 5.73 Å². The Morgan fingerprint density at radius 3 is 2.31 bits per heavy atom. The molecule has 0 rings (SSSR count). The zero-order valence-electron chi connectivity index (χ0n) is 10.3. The maximum atomic E-state index is 11.8. The van der Waals surface area contributed by atoms with Gasteiger partial charge in [-0.25, -0.2) is 12.7 Å². The molecule has 0 saturated carbocycles. The topological polar surface area (TPSA) is 80.5 Å². The van der Waals surface area contributed by atoms with Gasteiger partial charge in [0.2, 0.25) is 15.9 Å². The fourth-order valence-corrected chi connectivity index (χ4v) is 2.52. The number of carbonyl (C=O) groups excluding carboxylic acids is 1. The Morgan fingerprint density at radius 1 is 1.31 bits per heavy atom. The third-order valence-electron chi connectivity index (χ3n) is 2.61. The first kappa shape index (κ1) is 15.4. The van der Waals surface area contributed by atoms with E-state index in [9.17, 15) is 13.2 Å². The van der Waals surface area contributed by atoms with Crippen molar-refractivity contribution in [3.05, 3.63) is 0 Å². The van der Waals surface area contributed by atoms with E-state index in [-0.39, 0.29) is 0 Å². The van der Waals surface area contributed by atoms with Crippen LogP contribution in [0.1, 0.15) is 39.5 Å². The SMILES string of the molecule is CCCCCCN(C)S(=O)(=O)C(C)C(N)=O. The van der Waals surface area contributed by atoms with Crippen LogP contribution in [0.25, 0.3) is 0 Å². The second kappa shape index (κ2) is 6.85. The van der Waals surface area contributed by atoms with Gasteiger partial charge in [-0.3, -0.25) is 4.79 Å². The number of carbonyl (C=O) groups is 1. The number of hydrogen-bond acceptors (Lipinski definition) is 3. The first-order valence-electron chi connectivity index (χ1n) is 5.58. The molecule has 0 heterocycles. The number of amides is 1. The van der Waals surface area contributed by atoms with Gasteiger partial charge in [0.15, 0.2) is 5.25 Å². The summed E-state index contributed by atoms with van der Waals surface area (Å²) in [6, 6.07) is 0. The Kier molecular flexibility index (Phi) is 6.59. The summed E-state index contributed by atoms with van der Waals surface area (Å²) < 4.78 is 24.7. The highest BCUT2D eigenvalue weighted by atomic mass is 32.2. The van der Waals surface area contributed by atoms with Crippen LogP contribution < -0.4 is 5.73 Å². The summed E-state index contributed by atoms with van der Waals surface area (Å²) in [5.74, 6) is -0.805. The lowest BCUT2D eigenvalue weighted by Gasteiger charge is -2.19. The van der Waals surface area contributed by atoms with Gasteiger partial charge in [-0.05, 0) is 13.3 Å². The van der Waals surface area contributed by atoms with Gasteiger partial charge in [-0.1, -0.05) is 26.2 Å². The molecule has 0 aromatic rings. The molecule has 0 aliphatic rings. The average molecular weight is 250 g/mol. The monoisotopic (exact) mass is 250 g/mol. The molecule has 1 amide bonds. The Hall–Kier alpha value is -0.620. The molecule has 6 heteroatoms. The number of rotatable bonds is 8. The number of primary amides is 1. The molecule has 0 aliphatic heterocycles. The van der Waals surface area contributed by atoms with Crippen molar-refractivity contribution in [1.82, 2.24) is 4.31 Å². The predicted octanol–water partition coefficient (Wildman–Crippen LogP) is 0.702. The van der Waals surface area contributed by atoms with Crippen LogP contribution in [0.3, 0.4) is 0 Å². The first-order chi connectivity index (χ1) is 7.34. The lowest BCUT2D eigenvalue weighted by molar-refractivity contribution is -0.117. The molecule has 0 saturated heterocycles. The third kappa shape index (κ3) is 4.49. The van der Waals surface area contributed by atoms with Crippen LogP contribution in [-0.2, 0) is 14.8 Å². The quantitative estimate of drug-likeness (QED) is 0.644. The van der Waals surface area contributed by atoms with Crippen LogP contribution in [0.4, 0.5) is 0 Å². The largest absolute Gasteiger partial charge is 0.369 e. The Balaban J connectivity index is 4.25. The van der Waals surface area contributed by atoms with Crippen molar-refractivity contribution in [2.24, 2.45) is 5.73 Å². The highest BCUT2D eigenvalue weighted by molar-refractivity contribution is 7.90. The molecule has 0 radical (unpaired) electrons. The van der Waals surface area contributed by atoms with E-state index in [0.29, 0.717) is 6.54 Å². The fourth-order valence-electron chi connectivity index (χ4n) is 1.31. The van der Waals surface area contributed by atoms with Crippen LogP contribution in [0.2, 0.25) is 0 Å². The molecule has 96 valence electrons. The fraction of sp³-hybridized carbons (Fsp3) is 0.900. The van der Waals surface area contributed by atoms with Crippen molar-refractivity contribution in [3.63, 3.8) is 0 Å². The molecule has 0 aromatic heterocycles. The van der Waals surface area contributed by atoms with Crippen LogP contribution in [-0.4, -0.2) is 37.5 Å². The van der Waals surface area contributed by atoms with Crippen molar-refractivity contribution in [2.45, 2.75) is 44.8 Å². The molecule has 1 unspecified atom stereocenters. The maximum Gasteiger partial charge on any atom is 0.236 e. The third-order valence-corrected chi connectivity index (χ3v) is 4.79. The van der Waals surface area contributed by atoms with E-state index < -0.39 is 21.2 Å². The minimum absolute atomic E-state index is 0.444. The maximum absolute atomic E-state index is 11.8. The number of nitrogens with two attached hydrogens (primary N) is 1. The zero-order chi connectivity index (χ0) is 12.8. The standard InChI is InChI=1S/C10H22N2O3S/c1-4-5-6-7-8-12(3)16(14,15)9(2)10(11)13/h9H,4-8H2,1-3H3,(H2,11,13). The molecule has 0 aliphatic carbocycles. The summed E-state index contributed by atoms with van der Waals surface area (Å²) >= 11 is 0. The van der Waals surface area contributed by atoms with Crippen molar-refractivity contribution < 1.29 is 13.2 Å². The molecule has 16 heavy (non-hydrogen) atoms. The van der Waals surface area contributed by atoms with Crippen molar-refractivity contribution >= 4 is 15.9 Å². The molecular weight excluding hydrogens is 228 g/mol.